The summed E-state index contributed by atoms with van der Waals surface area (Å²) in [6.07, 6.45) is 5.32. The number of aliphatic imine (C=N–C) groups is 2. The van der Waals surface area contributed by atoms with Crippen LogP contribution in [0.5, 0.6) is 0 Å². The summed E-state index contributed by atoms with van der Waals surface area (Å²) in [5.74, 6) is 0.00526. The van der Waals surface area contributed by atoms with E-state index in [2.05, 4.69) is 40.3 Å². The van der Waals surface area contributed by atoms with E-state index in [9.17, 15) is 4.79 Å². The molecule has 0 bridgehead atoms. The average molecular weight is 330 g/mol. The highest BCUT2D eigenvalue weighted by molar-refractivity contribution is 5.94. The van der Waals surface area contributed by atoms with Gasteiger partial charge in [0.15, 0.2) is 0 Å². The minimum absolute atomic E-state index is 0.00526. The molecule has 1 amide bonds. The highest BCUT2D eigenvalue weighted by Gasteiger charge is 2.02. The summed E-state index contributed by atoms with van der Waals surface area (Å²) in [7, 11) is 4.12. The lowest BCUT2D eigenvalue weighted by Gasteiger charge is -2.05. The first-order valence-electron chi connectivity index (χ1n) is 8.76. The van der Waals surface area contributed by atoms with Gasteiger partial charge < -0.3 is 10.2 Å². The Kier molecular flexibility index (Phi) is 11.3. The summed E-state index contributed by atoms with van der Waals surface area (Å²) in [4.78, 5) is 22.3. The predicted octanol–water partition coefficient (Wildman–Crippen LogP) is 3.10. The fourth-order valence-electron chi connectivity index (χ4n) is 2.18. The number of rotatable bonds is 12. The van der Waals surface area contributed by atoms with Gasteiger partial charge in [0.05, 0.1) is 12.6 Å². The predicted molar refractivity (Wildman–Crippen MR) is 100 cm³/mol. The van der Waals surface area contributed by atoms with Crippen molar-refractivity contribution in [2.45, 2.75) is 32.1 Å². The van der Waals surface area contributed by atoms with Crippen LogP contribution in [0, 0.1) is 0 Å². The first-order valence-corrected chi connectivity index (χ1v) is 8.76. The zero-order valence-electron chi connectivity index (χ0n) is 15.0. The van der Waals surface area contributed by atoms with Crippen LogP contribution >= 0.6 is 0 Å². The van der Waals surface area contributed by atoms with Gasteiger partial charge in [-0.1, -0.05) is 31.0 Å². The highest BCUT2D eigenvalue weighted by Crippen LogP contribution is 2.01. The molecule has 1 rings (SSSR count). The maximum atomic E-state index is 11.8. The molecule has 1 aromatic carbocycles. The first-order chi connectivity index (χ1) is 11.7. The quantitative estimate of drug-likeness (QED) is 0.473. The Morgan fingerprint density at radius 1 is 1.00 bits per heavy atom. The zero-order chi connectivity index (χ0) is 17.5. The van der Waals surface area contributed by atoms with Crippen molar-refractivity contribution in [1.82, 2.24) is 10.2 Å². The number of benzene rings is 1. The molecule has 0 aromatic heterocycles. The molecule has 0 heterocycles. The van der Waals surface area contributed by atoms with E-state index in [0.29, 0.717) is 0 Å². The van der Waals surface area contributed by atoms with E-state index in [4.69, 9.17) is 0 Å². The molecule has 0 aliphatic rings. The smallest absolute Gasteiger partial charge is 0.251 e. The third kappa shape index (κ3) is 10.7. The average Bonchev–Trinajstić information content (AvgIpc) is 2.59. The molecular formula is C19H30N4O. The van der Waals surface area contributed by atoms with Crippen molar-refractivity contribution in [2.75, 3.05) is 40.3 Å². The number of hydrogen-bond donors (Lipinski definition) is 1. The van der Waals surface area contributed by atoms with Crippen molar-refractivity contribution < 1.29 is 4.79 Å². The van der Waals surface area contributed by atoms with Crippen LogP contribution < -0.4 is 5.32 Å². The molecule has 0 aliphatic carbocycles. The molecule has 132 valence electrons. The number of nitrogens with zero attached hydrogens (tertiary/aromatic N) is 3. The number of carbonyl (C=O) groups excluding carboxylic acids is 1. The second-order valence-corrected chi connectivity index (χ2v) is 6.06. The molecule has 5 heteroatoms. The summed E-state index contributed by atoms with van der Waals surface area (Å²) < 4.78 is 0. The maximum Gasteiger partial charge on any atom is 0.251 e. The molecule has 0 saturated carbocycles. The lowest BCUT2D eigenvalue weighted by Crippen LogP contribution is -2.24. The third-order valence-electron chi connectivity index (χ3n) is 3.53. The molecule has 24 heavy (non-hydrogen) atoms. The second kappa shape index (κ2) is 13.5. The monoisotopic (exact) mass is 330 g/mol. The second-order valence-electron chi connectivity index (χ2n) is 6.06. The van der Waals surface area contributed by atoms with Gasteiger partial charge in [-0.15, -0.1) is 0 Å². The lowest BCUT2D eigenvalue weighted by atomic mass is 10.2. The van der Waals surface area contributed by atoms with Crippen molar-refractivity contribution in [3.8, 4) is 0 Å². The number of hydrogen-bond acceptors (Lipinski definition) is 4. The van der Waals surface area contributed by atoms with Gasteiger partial charge >= 0.3 is 0 Å². The molecular weight excluding hydrogens is 300 g/mol. The van der Waals surface area contributed by atoms with E-state index < -0.39 is 0 Å². The fourth-order valence-corrected chi connectivity index (χ4v) is 2.18. The van der Waals surface area contributed by atoms with Gasteiger partial charge in [-0.2, -0.15) is 0 Å². The Hall–Kier alpha value is -1.97. The van der Waals surface area contributed by atoms with Gasteiger partial charge in [-0.25, -0.2) is 9.98 Å². The summed E-state index contributed by atoms with van der Waals surface area (Å²) in [6.45, 7) is 3.35. The van der Waals surface area contributed by atoms with Crippen LogP contribution in [0.15, 0.2) is 40.3 Å². The normalized spacial score (nSPS) is 10.3. The molecule has 1 aromatic rings. The minimum atomic E-state index is 0.00526. The summed E-state index contributed by atoms with van der Waals surface area (Å²) >= 11 is 0. The minimum Gasteiger partial charge on any atom is -0.352 e. The van der Waals surface area contributed by atoms with E-state index in [1.807, 2.05) is 30.3 Å². The van der Waals surface area contributed by atoms with Crippen LogP contribution in [-0.4, -0.2) is 57.1 Å². The van der Waals surface area contributed by atoms with Crippen molar-refractivity contribution in [1.29, 1.82) is 0 Å². The van der Waals surface area contributed by atoms with Crippen LogP contribution in [-0.2, 0) is 0 Å². The van der Waals surface area contributed by atoms with E-state index in [1.165, 1.54) is 0 Å². The van der Waals surface area contributed by atoms with Crippen molar-refractivity contribution >= 4 is 11.9 Å². The largest absolute Gasteiger partial charge is 0.352 e. The van der Waals surface area contributed by atoms with Gasteiger partial charge in [0.2, 0.25) is 0 Å². The Balaban J connectivity index is 1.93. The molecule has 0 spiro atoms. The van der Waals surface area contributed by atoms with Crippen LogP contribution in [0.3, 0.4) is 0 Å². The van der Waals surface area contributed by atoms with Gasteiger partial charge in [-0.3, -0.25) is 4.79 Å². The van der Waals surface area contributed by atoms with E-state index in [0.717, 1.165) is 63.8 Å². The van der Waals surface area contributed by atoms with E-state index in [1.54, 1.807) is 0 Å². The summed E-state index contributed by atoms with van der Waals surface area (Å²) in [5, 5.41) is 2.94. The third-order valence-corrected chi connectivity index (χ3v) is 3.53. The summed E-state index contributed by atoms with van der Waals surface area (Å²) in [6, 6.07) is 12.1. The Morgan fingerprint density at radius 3 is 2.38 bits per heavy atom. The fraction of sp³-hybridized carbons (Fsp3) is 0.579. The van der Waals surface area contributed by atoms with Crippen LogP contribution in [0.4, 0.5) is 0 Å². The Morgan fingerprint density at radius 2 is 1.67 bits per heavy atom. The van der Waals surface area contributed by atoms with Crippen molar-refractivity contribution in [2.24, 2.45) is 9.98 Å². The number of carbonyl (C=O) groups is 1. The van der Waals surface area contributed by atoms with Crippen LogP contribution in [0.1, 0.15) is 42.5 Å². The molecule has 0 aliphatic heterocycles. The Labute approximate surface area is 145 Å². The molecule has 1 N–H and O–H groups in total. The lowest BCUT2D eigenvalue weighted by molar-refractivity contribution is 0.0953. The van der Waals surface area contributed by atoms with E-state index in [-0.39, 0.29) is 5.91 Å². The molecule has 0 saturated heterocycles. The SMILES string of the molecule is CN(C)CCCN=C=NCCCCCCNC(=O)c1ccccc1. The Bertz CT molecular complexity index is 507. The van der Waals surface area contributed by atoms with E-state index >= 15 is 0 Å². The van der Waals surface area contributed by atoms with Crippen LogP contribution in [0.2, 0.25) is 0 Å². The standard InChI is InChI=1S/C19H30N4O/c1-23(2)16-10-14-21-17-20-13-8-3-4-9-15-22-19(24)18-11-6-5-7-12-18/h5-7,11-12H,3-4,8-10,13-16H2,1-2H3,(H,22,24). The van der Waals surface area contributed by atoms with Gasteiger partial charge in [-0.05, 0) is 52.0 Å². The highest BCUT2D eigenvalue weighted by atomic mass is 16.1. The summed E-state index contributed by atoms with van der Waals surface area (Å²) in [5.41, 5.74) is 0.719. The molecule has 0 unspecified atom stereocenters. The molecule has 5 nitrogen and oxygen atoms in total. The van der Waals surface area contributed by atoms with Gasteiger partial charge in [0.25, 0.3) is 5.91 Å². The number of amides is 1. The van der Waals surface area contributed by atoms with Crippen molar-refractivity contribution in [3.05, 3.63) is 35.9 Å². The maximum absolute atomic E-state index is 11.8. The first kappa shape index (κ1) is 20.1. The molecule has 0 radical (unpaired) electrons. The zero-order valence-corrected chi connectivity index (χ0v) is 15.0. The molecule has 0 fully saturated rings. The van der Waals surface area contributed by atoms with Crippen LogP contribution in [0.25, 0.3) is 0 Å². The topological polar surface area (TPSA) is 57.1 Å². The number of unbranched alkanes of at least 4 members (excludes halogenated alkanes) is 3. The number of nitrogens with one attached hydrogen (secondary N) is 1. The van der Waals surface area contributed by atoms with Crippen molar-refractivity contribution in [3.63, 3.8) is 0 Å². The molecule has 0 atom stereocenters. The van der Waals surface area contributed by atoms with Gasteiger partial charge in [0, 0.05) is 18.7 Å². The van der Waals surface area contributed by atoms with Gasteiger partial charge in [0.1, 0.15) is 0 Å².